The molecular weight excluding hydrogens is 276 g/mol. The van der Waals surface area contributed by atoms with Gasteiger partial charge < -0.3 is 19.5 Å². The van der Waals surface area contributed by atoms with Crippen molar-refractivity contribution in [3.8, 4) is 5.75 Å². The Morgan fingerprint density at radius 1 is 1.38 bits per heavy atom. The highest BCUT2D eigenvalue weighted by molar-refractivity contribution is 5.91. The maximum absolute atomic E-state index is 12.1. The second kappa shape index (κ2) is 5.59. The molecule has 0 saturated carbocycles. The second-order valence-corrected chi connectivity index (χ2v) is 5.73. The lowest BCUT2D eigenvalue weighted by Gasteiger charge is -2.25. The molecule has 7 heteroatoms. The number of fused-ring (bicyclic) bond motifs is 1. The van der Waals surface area contributed by atoms with E-state index in [0.717, 1.165) is 0 Å². The van der Waals surface area contributed by atoms with Gasteiger partial charge >= 0.3 is 12.1 Å². The van der Waals surface area contributed by atoms with E-state index < -0.39 is 17.7 Å². The van der Waals surface area contributed by atoms with Gasteiger partial charge in [0, 0.05) is 18.0 Å². The third-order valence-corrected chi connectivity index (χ3v) is 2.82. The zero-order chi connectivity index (χ0) is 15.6. The predicted octanol–water partition coefficient (Wildman–Crippen LogP) is 1.91. The van der Waals surface area contributed by atoms with Crippen LogP contribution in [0.1, 0.15) is 36.7 Å². The monoisotopic (exact) mass is 294 g/mol. The van der Waals surface area contributed by atoms with Gasteiger partial charge in [0.2, 0.25) is 0 Å². The Balaban J connectivity index is 2.24. The van der Waals surface area contributed by atoms with Crippen molar-refractivity contribution in [2.75, 3.05) is 13.2 Å². The van der Waals surface area contributed by atoms with E-state index in [9.17, 15) is 9.59 Å². The molecule has 0 saturated heterocycles. The van der Waals surface area contributed by atoms with Crippen molar-refractivity contribution in [1.29, 1.82) is 0 Å². The van der Waals surface area contributed by atoms with Crippen molar-refractivity contribution >= 4 is 12.1 Å². The normalized spacial score (nSPS) is 14.7. The molecule has 0 aliphatic carbocycles. The molecule has 0 fully saturated rings. The highest BCUT2D eigenvalue weighted by Crippen LogP contribution is 2.27. The van der Waals surface area contributed by atoms with Gasteiger partial charge in [0.05, 0.1) is 13.1 Å². The molecule has 1 N–H and O–H groups in total. The summed E-state index contributed by atoms with van der Waals surface area (Å²) in [6, 6.07) is 0. The first-order valence-electron chi connectivity index (χ1n) is 6.59. The third kappa shape index (κ3) is 3.62. The summed E-state index contributed by atoms with van der Waals surface area (Å²) < 4.78 is 10.8. The van der Waals surface area contributed by atoms with Gasteiger partial charge in [-0.2, -0.15) is 0 Å². The minimum absolute atomic E-state index is 0.00135. The smallest absolute Gasteiger partial charge is 0.410 e. The molecule has 0 radical (unpaired) electrons. The summed E-state index contributed by atoms with van der Waals surface area (Å²) in [5, 5.41) is 9.14. The molecule has 7 nitrogen and oxygen atoms in total. The molecule has 114 valence electrons. The van der Waals surface area contributed by atoms with Crippen molar-refractivity contribution in [3.05, 3.63) is 23.5 Å². The predicted molar refractivity (Wildman–Crippen MR) is 73.3 cm³/mol. The summed E-state index contributed by atoms with van der Waals surface area (Å²) in [6.45, 7) is 6.10. The Bertz CT molecular complexity index is 565. The van der Waals surface area contributed by atoms with Crippen molar-refractivity contribution in [2.45, 2.75) is 32.9 Å². The van der Waals surface area contributed by atoms with E-state index in [4.69, 9.17) is 14.6 Å². The molecule has 1 aliphatic rings. The fourth-order valence-corrected chi connectivity index (χ4v) is 1.95. The van der Waals surface area contributed by atoms with Crippen LogP contribution in [0.4, 0.5) is 4.79 Å². The fraction of sp³-hybridized carbons (Fsp3) is 0.500. The van der Waals surface area contributed by atoms with Crippen LogP contribution in [0.3, 0.4) is 0 Å². The Morgan fingerprint density at radius 2 is 2.10 bits per heavy atom. The number of hydrogen-bond donors (Lipinski definition) is 1. The van der Waals surface area contributed by atoms with E-state index in [2.05, 4.69) is 4.98 Å². The van der Waals surface area contributed by atoms with Gasteiger partial charge in [-0.05, 0) is 20.8 Å². The van der Waals surface area contributed by atoms with E-state index in [1.165, 1.54) is 17.3 Å². The highest BCUT2D eigenvalue weighted by atomic mass is 16.6. The van der Waals surface area contributed by atoms with E-state index in [1.54, 1.807) is 20.8 Å². The molecule has 0 bridgehead atoms. The van der Waals surface area contributed by atoms with Crippen LogP contribution in [0.2, 0.25) is 0 Å². The molecule has 2 rings (SSSR count). The van der Waals surface area contributed by atoms with Gasteiger partial charge in [0.25, 0.3) is 0 Å². The minimum atomic E-state index is -1.11. The van der Waals surface area contributed by atoms with E-state index in [1.807, 2.05) is 0 Å². The molecular formula is C14H18N2O5. The molecule has 0 unspecified atom stereocenters. The topological polar surface area (TPSA) is 89.0 Å². The van der Waals surface area contributed by atoms with Gasteiger partial charge in [0.15, 0.2) is 0 Å². The number of nitrogens with zero attached hydrogens (tertiary/aromatic N) is 2. The van der Waals surface area contributed by atoms with Crippen LogP contribution in [-0.2, 0) is 11.3 Å². The molecule has 0 aromatic carbocycles. The van der Waals surface area contributed by atoms with Gasteiger partial charge in [-0.25, -0.2) is 9.59 Å². The first-order valence-corrected chi connectivity index (χ1v) is 6.59. The van der Waals surface area contributed by atoms with Gasteiger partial charge in [-0.15, -0.1) is 0 Å². The lowest BCUT2D eigenvalue weighted by molar-refractivity contribution is 0.0225. The van der Waals surface area contributed by atoms with Crippen molar-refractivity contribution in [1.82, 2.24) is 9.88 Å². The van der Waals surface area contributed by atoms with E-state index >= 15 is 0 Å². The second-order valence-electron chi connectivity index (χ2n) is 5.73. The number of carbonyl (C=O) groups is 2. The summed E-state index contributed by atoms with van der Waals surface area (Å²) in [5.41, 5.74) is -0.0365. The average molecular weight is 294 g/mol. The van der Waals surface area contributed by atoms with Crippen molar-refractivity contribution in [3.63, 3.8) is 0 Å². The number of hydrogen-bond acceptors (Lipinski definition) is 5. The number of aromatic carboxylic acids is 1. The maximum atomic E-state index is 12.1. The van der Waals surface area contributed by atoms with Crippen LogP contribution in [0.5, 0.6) is 5.75 Å². The number of amides is 1. The molecule has 0 spiro atoms. The molecule has 21 heavy (non-hydrogen) atoms. The SMILES string of the molecule is CC(C)(C)OC(=O)N1CCOc2c(cncc2C(=O)O)C1. The van der Waals surface area contributed by atoms with Gasteiger partial charge in [0.1, 0.15) is 23.5 Å². The summed E-state index contributed by atoms with van der Waals surface area (Å²) in [7, 11) is 0. The zero-order valence-corrected chi connectivity index (χ0v) is 12.3. The van der Waals surface area contributed by atoms with Crippen molar-refractivity contribution in [2.24, 2.45) is 0 Å². The lowest BCUT2D eigenvalue weighted by Crippen LogP contribution is -2.37. The van der Waals surface area contributed by atoms with Crippen LogP contribution < -0.4 is 4.74 Å². The van der Waals surface area contributed by atoms with Gasteiger partial charge in [-0.1, -0.05) is 0 Å². The first-order chi connectivity index (χ1) is 9.78. The number of rotatable bonds is 1. The molecule has 1 amide bonds. The minimum Gasteiger partial charge on any atom is -0.490 e. The van der Waals surface area contributed by atoms with Crippen molar-refractivity contribution < 1.29 is 24.2 Å². The largest absolute Gasteiger partial charge is 0.490 e. The summed E-state index contributed by atoms with van der Waals surface area (Å²) in [5.74, 6) is -0.839. The van der Waals surface area contributed by atoms with Crippen LogP contribution in [0.15, 0.2) is 12.4 Å². The number of carbonyl (C=O) groups excluding carboxylic acids is 1. The summed E-state index contributed by atoms with van der Waals surface area (Å²) in [6.07, 6.45) is 2.29. The summed E-state index contributed by atoms with van der Waals surface area (Å²) >= 11 is 0. The number of carboxylic acids is 1. The van der Waals surface area contributed by atoms with Crippen LogP contribution >= 0.6 is 0 Å². The highest BCUT2D eigenvalue weighted by Gasteiger charge is 2.27. The zero-order valence-electron chi connectivity index (χ0n) is 12.3. The Labute approximate surface area is 122 Å². The maximum Gasteiger partial charge on any atom is 0.410 e. The number of carboxylic acid groups (broad SMARTS) is 1. The number of aromatic nitrogens is 1. The van der Waals surface area contributed by atoms with E-state index in [0.29, 0.717) is 12.1 Å². The Hall–Kier alpha value is -2.31. The van der Waals surface area contributed by atoms with Gasteiger partial charge in [-0.3, -0.25) is 4.98 Å². The Kier molecular flexibility index (Phi) is 4.02. The number of pyridine rings is 1. The number of ether oxygens (including phenoxy) is 2. The summed E-state index contributed by atoms with van der Waals surface area (Å²) in [4.78, 5) is 28.6. The molecule has 1 aromatic rings. The fourth-order valence-electron chi connectivity index (χ4n) is 1.95. The third-order valence-electron chi connectivity index (χ3n) is 2.82. The quantitative estimate of drug-likeness (QED) is 0.851. The average Bonchev–Trinajstić information content (AvgIpc) is 2.57. The standard InChI is InChI=1S/C14H18N2O5/c1-14(2,3)21-13(19)16-4-5-20-11-9(8-16)6-15-7-10(11)12(17)18/h6-7H,4-5,8H2,1-3H3,(H,17,18). The molecule has 1 aliphatic heterocycles. The lowest BCUT2D eigenvalue weighted by atomic mass is 10.1. The van der Waals surface area contributed by atoms with Crippen LogP contribution in [0.25, 0.3) is 0 Å². The van der Waals surface area contributed by atoms with Crippen LogP contribution in [0, 0.1) is 0 Å². The molecule has 2 heterocycles. The van der Waals surface area contributed by atoms with Crippen LogP contribution in [-0.4, -0.2) is 45.8 Å². The molecule has 1 aromatic heterocycles. The van der Waals surface area contributed by atoms with E-state index in [-0.39, 0.29) is 24.5 Å². The Morgan fingerprint density at radius 3 is 2.71 bits per heavy atom. The first kappa shape index (κ1) is 15.1. The molecule has 0 atom stereocenters.